The average Bonchev–Trinajstić information content (AvgIpc) is 3.29. The molecule has 7 heteroatoms. The maximum absolute atomic E-state index is 13.7. The zero-order valence-electron chi connectivity index (χ0n) is 18.5. The van der Waals surface area contributed by atoms with Crippen molar-refractivity contribution in [2.24, 2.45) is 0 Å². The van der Waals surface area contributed by atoms with Crippen molar-refractivity contribution in [2.45, 2.75) is 26.8 Å². The summed E-state index contributed by atoms with van der Waals surface area (Å²) in [7, 11) is 0. The van der Waals surface area contributed by atoms with Crippen LogP contribution in [0.15, 0.2) is 64.3 Å². The summed E-state index contributed by atoms with van der Waals surface area (Å²) in [5.74, 6) is 0.311. The van der Waals surface area contributed by atoms with E-state index in [9.17, 15) is 9.59 Å². The second-order valence-electron chi connectivity index (χ2n) is 8.06. The number of carbonyl (C=O) groups is 1. The molecule has 1 unspecified atom stereocenters. The van der Waals surface area contributed by atoms with Crippen LogP contribution >= 0.6 is 11.3 Å². The zero-order valence-corrected chi connectivity index (χ0v) is 19.4. The minimum absolute atomic E-state index is 0.0595. The number of aromatic nitrogens is 1. The molecule has 1 amide bonds. The van der Waals surface area contributed by atoms with E-state index >= 15 is 0 Å². The molecule has 1 atom stereocenters. The summed E-state index contributed by atoms with van der Waals surface area (Å²) in [5.41, 5.74) is 3.04. The summed E-state index contributed by atoms with van der Waals surface area (Å²) in [6, 6.07) is 12.1. The molecule has 0 spiro atoms. The topological polar surface area (TPSA) is 72.6 Å². The van der Waals surface area contributed by atoms with Gasteiger partial charge in [-0.2, -0.15) is 0 Å². The molecule has 0 aliphatic carbocycles. The molecule has 6 nitrogen and oxygen atoms in total. The molecule has 5 rings (SSSR count). The maximum Gasteiger partial charge on any atom is 0.297 e. The molecule has 2 aromatic carbocycles. The summed E-state index contributed by atoms with van der Waals surface area (Å²) in [4.78, 5) is 34.5. The third-order valence-corrected chi connectivity index (χ3v) is 6.86. The van der Waals surface area contributed by atoms with Crippen LogP contribution < -0.4 is 15.1 Å². The molecule has 0 bridgehead atoms. The molecule has 0 saturated heterocycles. The number of fused-ring (bicyclic) bond motifs is 2. The van der Waals surface area contributed by atoms with E-state index in [2.05, 4.69) is 11.6 Å². The Hall–Kier alpha value is -3.71. The molecular weight excluding hydrogens is 436 g/mol. The molecule has 33 heavy (non-hydrogen) atoms. The van der Waals surface area contributed by atoms with Gasteiger partial charge in [-0.1, -0.05) is 36.4 Å². The largest absolute Gasteiger partial charge is 0.490 e. The first kappa shape index (κ1) is 21.2. The Kier molecular flexibility index (Phi) is 5.13. The second-order valence-corrected chi connectivity index (χ2v) is 9.24. The molecule has 0 fully saturated rings. The number of rotatable bonds is 5. The number of benzene rings is 2. The number of amides is 1. The van der Waals surface area contributed by atoms with Crippen LogP contribution in [0.1, 0.15) is 43.9 Å². The summed E-state index contributed by atoms with van der Waals surface area (Å²) in [5, 5.41) is 0.988. The first-order valence-corrected chi connectivity index (χ1v) is 11.4. The van der Waals surface area contributed by atoms with Gasteiger partial charge >= 0.3 is 0 Å². The van der Waals surface area contributed by atoms with E-state index in [-0.39, 0.29) is 17.1 Å². The fourth-order valence-electron chi connectivity index (χ4n) is 4.09. The van der Waals surface area contributed by atoms with Crippen molar-refractivity contribution in [3.05, 3.63) is 98.4 Å². The quantitative estimate of drug-likeness (QED) is 0.370. The highest BCUT2D eigenvalue weighted by Gasteiger charge is 2.45. The van der Waals surface area contributed by atoms with Crippen LogP contribution in [0.3, 0.4) is 0 Å². The van der Waals surface area contributed by atoms with Crippen LogP contribution in [0.5, 0.6) is 5.75 Å². The number of hydrogen-bond acceptors (Lipinski definition) is 6. The minimum atomic E-state index is -0.675. The first-order valence-electron chi connectivity index (χ1n) is 10.6. The average molecular weight is 459 g/mol. The van der Waals surface area contributed by atoms with Crippen molar-refractivity contribution in [2.75, 3.05) is 11.5 Å². The van der Waals surface area contributed by atoms with E-state index in [1.165, 1.54) is 11.3 Å². The van der Waals surface area contributed by atoms with Crippen molar-refractivity contribution in [1.82, 2.24) is 4.98 Å². The molecule has 2 aromatic heterocycles. The fourth-order valence-corrected chi connectivity index (χ4v) is 5.02. The smallest absolute Gasteiger partial charge is 0.297 e. The van der Waals surface area contributed by atoms with Gasteiger partial charge in [0.15, 0.2) is 10.6 Å². The number of ether oxygens (including phenoxy) is 1. The minimum Gasteiger partial charge on any atom is -0.490 e. The van der Waals surface area contributed by atoms with E-state index in [0.29, 0.717) is 34.0 Å². The van der Waals surface area contributed by atoms with Gasteiger partial charge in [-0.05, 0) is 50.6 Å². The van der Waals surface area contributed by atoms with E-state index in [0.717, 1.165) is 21.7 Å². The Bertz CT molecular complexity index is 1460. The summed E-state index contributed by atoms with van der Waals surface area (Å²) in [6.45, 7) is 9.82. The van der Waals surface area contributed by atoms with Crippen molar-refractivity contribution in [1.29, 1.82) is 0 Å². The van der Waals surface area contributed by atoms with Crippen LogP contribution in [0, 0.1) is 20.8 Å². The molecule has 1 aliphatic rings. The molecule has 0 radical (unpaired) electrons. The van der Waals surface area contributed by atoms with E-state index in [4.69, 9.17) is 9.15 Å². The molecule has 3 heterocycles. The molecule has 0 saturated carbocycles. The van der Waals surface area contributed by atoms with Gasteiger partial charge in [-0.15, -0.1) is 11.3 Å². The number of hydrogen-bond donors (Lipinski definition) is 0. The lowest BCUT2D eigenvalue weighted by molar-refractivity contribution is 0.0971. The highest BCUT2D eigenvalue weighted by Crippen LogP contribution is 2.43. The van der Waals surface area contributed by atoms with Crippen molar-refractivity contribution < 1.29 is 13.9 Å². The Labute approximate surface area is 194 Å². The lowest BCUT2D eigenvalue weighted by atomic mass is 9.98. The maximum atomic E-state index is 13.7. The standard InChI is InChI=1S/C26H22N2O4S/c1-5-11-31-18-8-6-7-17(13-18)22-21-23(29)19-12-14(2)9-10-20(19)32-24(21)25(30)28(22)26-27-15(3)16(4)33-26/h5-10,12-13,22H,1,11H2,2-4H3. The monoisotopic (exact) mass is 458 g/mol. The number of aryl methyl sites for hydroxylation is 3. The molecular formula is C26H22N2O4S. The first-order chi connectivity index (χ1) is 15.9. The van der Waals surface area contributed by atoms with Gasteiger partial charge in [0.05, 0.1) is 22.7 Å². The van der Waals surface area contributed by atoms with Gasteiger partial charge in [0, 0.05) is 4.88 Å². The lowest BCUT2D eigenvalue weighted by Crippen LogP contribution is -2.29. The normalized spacial score (nSPS) is 15.2. The summed E-state index contributed by atoms with van der Waals surface area (Å²) < 4.78 is 11.7. The van der Waals surface area contributed by atoms with Crippen LogP contribution in [0.25, 0.3) is 11.0 Å². The van der Waals surface area contributed by atoms with Crippen LogP contribution in [-0.2, 0) is 0 Å². The number of anilines is 1. The Morgan fingerprint density at radius 2 is 2.00 bits per heavy atom. The SMILES string of the molecule is C=CCOc1cccc(C2c3c(oc4ccc(C)cc4c3=O)C(=O)N2c2nc(C)c(C)s2)c1. The van der Waals surface area contributed by atoms with Crippen molar-refractivity contribution in [3.8, 4) is 5.75 Å². The summed E-state index contributed by atoms with van der Waals surface area (Å²) >= 11 is 1.42. The number of thiazole rings is 1. The van der Waals surface area contributed by atoms with Crippen LogP contribution in [-0.4, -0.2) is 17.5 Å². The fraction of sp³-hybridized carbons (Fsp3) is 0.192. The number of nitrogens with zero attached hydrogens (tertiary/aromatic N) is 2. The summed E-state index contributed by atoms with van der Waals surface area (Å²) in [6.07, 6.45) is 1.66. The Balaban J connectivity index is 1.77. The van der Waals surface area contributed by atoms with Crippen LogP contribution in [0.4, 0.5) is 5.13 Å². The third kappa shape index (κ3) is 3.45. The van der Waals surface area contributed by atoms with Gasteiger partial charge in [-0.25, -0.2) is 4.98 Å². The van der Waals surface area contributed by atoms with Crippen molar-refractivity contribution >= 4 is 33.3 Å². The van der Waals surface area contributed by atoms with Gasteiger partial charge in [0.25, 0.3) is 5.91 Å². The predicted octanol–water partition coefficient (Wildman–Crippen LogP) is 5.49. The molecule has 4 aromatic rings. The third-order valence-electron chi connectivity index (χ3n) is 5.79. The van der Waals surface area contributed by atoms with Crippen LogP contribution in [0.2, 0.25) is 0 Å². The Morgan fingerprint density at radius 1 is 1.18 bits per heavy atom. The number of carbonyl (C=O) groups excluding carboxylic acids is 1. The Morgan fingerprint density at radius 3 is 2.73 bits per heavy atom. The van der Waals surface area contributed by atoms with Gasteiger partial charge in [-0.3, -0.25) is 14.5 Å². The highest BCUT2D eigenvalue weighted by molar-refractivity contribution is 7.15. The molecule has 1 aliphatic heterocycles. The van der Waals surface area contributed by atoms with Gasteiger partial charge in [0.2, 0.25) is 5.76 Å². The second kappa shape index (κ2) is 8.01. The van der Waals surface area contributed by atoms with E-state index < -0.39 is 6.04 Å². The zero-order chi connectivity index (χ0) is 23.3. The molecule has 0 N–H and O–H groups in total. The van der Waals surface area contributed by atoms with Crippen molar-refractivity contribution in [3.63, 3.8) is 0 Å². The van der Waals surface area contributed by atoms with E-state index in [1.54, 1.807) is 23.1 Å². The molecule has 166 valence electrons. The van der Waals surface area contributed by atoms with E-state index in [1.807, 2.05) is 51.1 Å². The highest BCUT2D eigenvalue weighted by atomic mass is 32.1. The lowest BCUT2D eigenvalue weighted by Gasteiger charge is -2.23. The van der Waals surface area contributed by atoms with Gasteiger partial charge in [0.1, 0.15) is 17.9 Å². The predicted molar refractivity (Wildman–Crippen MR) is 130 cm³/mol. The van der Waals surface area contributed by atoms with Gasteiger partial charge < -0.3 is 9.15 Å².